The van der Waals surface area contributed by atoms with Crippen molar-refractivity contribution in [2.45, 2.75) is 61.0 Å². The molecule has 0 spiro atoms. The Bertz CT molecular complexity index is 136. The molecule has 0 bridgehead atoms. The molecule has 80 valence electrons. The first-order valence-corrected chi connectivity index (χ1v) is 5.22. The van der Waals surface area contributed by atoms with Crippen molar-refractivity contribution in [3.63, 3.8) is 0 Å². The van der Waals surface area contributed by atoms with Gasteiger partial charge in [0.15, 0.2) is 0 Å². The van der Waals surface area contributed by atoms with Crippen LogP contribution in [-0.4, -0.2) is 12.7 Å². The second-order valence-electron chi connectivity index (χ2n) is 6.45. The lowest BCUT2D eigenvalue weighted by Crippen LogP contribution is -2.23. The van der Waals surface area contributed by atoms with E-state index in [1.807, 2.05) is 0 Å². The van der Waals surface area contributed by atoms with Gasteiger partial charge in [-0.25, -0.2) is 0 Å². The molecule has 0 amide bonds. The Balaban J connectivity index is 3.70. The summed E-state index contributed by atoms with van der Waals surface area (Å²) in [5, 5.41) is 0. The van der Waals surface area contributed by atoms with Gasteiger partial charge < -0.3 is 4.74 Å². The van der Waals surface area contributed by atoms with Crippen molar-refractivity contribution in [3.05, 3.63) is 0 Å². The number of rotatable bonds is 3. The zero-order valence-electron chi connectivity index (χ0n) is 10.4. The summed E-state index contributed by atoms with van der Waals surface area (Å²) in [5.74, 6) is 0. The lowest BCUT2D eigenvalue weighted by atomic mass is 9.89. The van der Waals surface area contributed by atoms with E-state index >= 15 is 0 Å². The second kappa shape index (κ2) is 4.45. The molecule has 1 heteroatoms. The predicted octanol–water partition coefficient (Wildman–Crippen LogP) is 3.87. The topological polar surface area (TPSA) is 9.23 Å². The van der Waals surface area contributed by atoms with Crippen LogP contribution >= 0.6 is 0 Å². The Morgan fingerprint density at radius 3 is 1.69 bits per heavy atom. The smallest absolute Gasteiger partial charge is 0.0552 e. The summed E-state index contributed by atoms with van der Waals surface area (Å²) >= 11 is 0. The van der Waals surface area contributed by atoms with Crippen molar-refractivity contribution in [3.8, 4) is 0 Å². The summed E-state index contributed by atoms with van der Waals surface area (Å²) in [4.78, 5) is 0. The first-order valence-electron chi connectivity index (χ1n) is 5.22. The van der Waals surface area contributed by atoms with Gasteiger partial charge in [0.1, 0.15) is 0 Å². The molecule has 0 aromatic carbocycles. The molecule has 0 aliphatic rings. The van der Waals surface area contributed by atoms with Crippen LogP contribution in [0.15, 0.2) is 0 Å². The average Bonchev–Trinajstić information content (AvgIpc) is 1.78. The zero-order chi connectivity index (χ0) is 10.7. The summed E-state index contributed by atoms with van der Waals surface area (Å²) < 4.78 is 5.78. The Morgan fingerprint density at radius 1 is 0.923 bits per heavy atom. The fraction of sp³-hybridized carbons (Fsp3) is 1.00. The van der Waals surface area contributed by atoms with E-state index in [9.17, 15) is 0 Å². The van der Waals surface area contributed by atoms with E-state index in [1.165, 1.54) is 0 Å². The highest BCUT2D eigenvalue weighted by Gasteiger charge is 2.18. The minimum atomic E-state index is 0.284. The van der Waals surface area contributed by atoms with Gasteiger partial charge in [-0.05, 0) is 24.2 Å². The Morgan fingerprint density at radius 2 is 1.38 bits per heavy atom. The maximum absolute atomic E-state index is 5.78. The largest absolute Gasteiger partial charge is 0.378 e. The zero-order valence-corrected chi connectivity index (χ0v) is 10.4. The summed E-state index contributed by atoms with van der Waals surface area (Å²) in [6, 6.07) is 0. The van der Waals surface area contributed by atoms with Crippen LogP contribution in [-0.2, 0) is 4.74 Å². The maximum Gasteiger partial charge on any atom is 0.0552 e. The Labute approximate surface area is 83.9 Å². The molecule has 0 unspecified atom stereocenters. The van der Waals surface area contributed by atoms with E-state index in [1.54, 1.807) is 0 Å². The van der Waals surface area contributed by atoms with Gasteiger partial charge in [-0.15, -0.1) is 0 Å². The first kappa shape index (κ1) is 13.0. The minimum Gasteiger partial charge on any atom is -0.378 e. The number of hydrogen-bond acceptors (Lipinski definition) is 1. The molecule has 0 saturated heterocycles. The first-order chi connectivity index (χ1) is 5.60. The van der Waals surface area contributed by atoms with E-state index < -0.39 is 0 Å². The van der Waals surface area contributed by atoms with E-state index in [2.05, 4.69) is 48.5 Å². The normalized spacial score (nSPS) is 15.9. The van der Waals surface area contributed by atoms with Gasteiger partial charge in [-0.1, -0.05) is 41.5 Å². The highest BCUT2D eigenvalue weighted by molar-refractivity contribution is 4.67. The van der Waals surface area contributed by atoms with Gasteiger partial charge >= 0.3 is 0 Å². The van der Waals surface area contributed by atoms with Crippen molar-refractivity contribution < 1.29 is 4.74 Å². The Kier molecular flexibility index (Phi) is 4.44. The third-order valence-corrected chi connectivity index (χ3v) is 1.70. The van der Waals surface area contributed by atoms with E-state index in [0.717, 1.165) is 13.0 Å². The maximum atomic E-state index is 5.78. The van der Waals surface area contributed by atoms with Gasteiger partial charge in [0.05, 0.1) is 12.7 Å². The van der Waals surface area contributed by atoms with Crippen molar-refractivity contribution in [2.24, 2.45) is 10.8 Å². The molecule has 13 heavy (non-hydrogen) atoms. The summed E-state index contributed by atoms with van der Waals surface area (Å²) in [6.45, 7) is 16.4. The molecule has 0 radical (unpaired) electrons. The average molecular weight is 186 g/mol. The van der Waals surface area contributed by atoms with Crippen molar-refractivity contribution in [1.82, 2.24) is 0 Å². The third kappa shape index (κ3) is 9.88. The van der Waals surface area contributed by atoms with Crippen LogP contribution in [0, 0.1) is 10.8 Å². The lowest BCUT2D eigenvalue weighted by molar-refractivity contribution is -0.000957. The molecule has 0 saturated carbocycles. The van der Waals surface area contributed by atoms with Crippen LogP contribution in [0.3, 0.4) is 0 Å². The molecule has 0 aliphatic heterocycles. The monoisotopic (exact) mass is 186 g/mol. The molecule has 0 aliphatic carbocycles. The van der Waals surface area contributed by atoms with Gasteiger partial charge in [0.2, 0.25) is 0 Å². The van der Waals surface area contributed by atoms with Gasteiger partial charge in [-0.3, -0.25) is 0 Å². The second-order valence-corrected chi connectivity index (χ2v) is 6.45. The molecule has 1 atom stereocenters. The van der Waals surface area contributed by atoms with Crippen molar-refractivity contribution >= 4 is 0 Å². The van der Waals surface area contributed by atoms with E-state index in [-0.39, 0.29) is 5.41 Å². The lowest BCUT2D eigenvalue weighted by Gasteiger charge is -2.26. The SMILES string of the molecule is C[C@@H](CC(C)(C)C)OCC(C)(C)C. The minimum absolute atomic E-state index is 0.284. The van der Waals surface area contributed by atoms with Crippen LogP contribution in [0.1, 0.15) is 54.9 Å². The third-order valence-electron chi connectivity index (χ3n) is 1.70. The van der Waals surface area contributed by atoms with Crippen molar-refractivity contribution in [1.29, 1.82) is 0 Å². The summed E-state index contributed by atoms with van der Waals surface area (Å²) in [5.41, 5.74) is 0.656. The summed E-state index contributed by atoms with van der Waals surface area (Å²) in [7, 11) is 0. The van der Waals surface area contributed by atoms with Gasteiger partial charge in [-0.2, -0.15) is 0 Å². The molecule has 0 heterocycles. The highest BCUT2D eigenvalue weighted by Crippen LogP contribution is 2.23. The molecule has 0 aromatic rings. The van der Waals surface area contributed by atoms with Gasteiger partial charge in [0.25, 0.3) is 0 Å². The quantitative estimate of drug-likeness (QED) is 0.650. The molecule has 0 fully saturated rings. The van der Waals surface area contributed by atoms with E-state index in [0.29, 0.717) is 11.5 Å². The van der Waals surface area contributed by atoms with Gasteiger partial charge in [0, 0.05) is 0 Å². The van der Waals surface area contributed by atoms with Crippen molar-refractivity contribution in [2.75, 3.05) is 6.61 Å². The standard InChI is InChI=1S/C12H26O/c1-10(8-11(2,3)4)13-9-12(5,6)7/h10H,8-9H2,1-7H3/t10-/m0/s1. The fourth-order valence-electron chi connectivity index (χ4n) is 1.31. The predicted molar refractivity (Wildman–Crippen MR) is 58.9 cm³/mol. The van der Waals surface area contributed by atoms with Crippen LogP contribution in [0.5, 0.6) is 0 Å². The van der Waals surface area contributed by atoms with E-state index in [4.69, 9.17) is 4.74 Å². The molecule has 0 rings (SSSR count). The van der Waals surface area contributed by atoms with Crippen LogP contribution in [0.25, 0.3) is 0 Å². The molecule has 1 nitrogen and oxygen atoms in total. The van der Waals surface area contributed by atoms with Crippen LogP contribution < -0.4 is 0 Å². The summed E-state index contributed by atoms with van der Waals surface area (Å²) in [6.07, 6.45) is 1.50. The Hall–Kier alpha value is -0.0400. The molecule has 0 N–H and O–H groups in total. The molecular formula is C12H26O. The van der Waals surface area contributed by atoms with Crippen LogP contribution in [0.2, 0.25) is 0 Å². The molecular weight excluding hydrogens is 160 g/mol. The number of hydrogen-bond donors (Lipinski definition) is 0. The number of ether oxygens (including phenoxy) is 1. The fourth-order valence-corrected chi connectivity index (χ4v) is 1.31. The molecule has 0 aromatic heterocycles. The highest BCUT2D eigenvalue weighted by atomic mass is 16.5. The van der Waals surface area contributed by atoms with Crippen LogP contribution in [0.4, 0.5) is 0 Å².